The van der Waals surface area contributed by atoms with Crippen molar-refractivity contribution < 1.29 is 14.6 Å². The van der Waals surface area contributed by atoms with Gasteiger partial charge in [-0.25, -0.2) is 5.43 Å². The maximum Gasteiger partial charge on any atom is 0.271 e. The lowest BCUT2D eigenvalue weighted by atomic mass is 10.2. The SMILES string of the molecule is O=C(N/N=C/c1cc(Br)c(O)c(Br)c1)c1cccc(Oc2ccccc2)c1. The van der Waals surface area contributed by atoms with Crippen LogP contribution in [0.5, 0.6) is 17.2 Å². The number of nitrogens with zero attached hydrogens (tertiary/aromatic N) is 1. The maximum absolute atomic E-state index is 12.3. The molecule has 0 aromatic heterocycles. The summed E-state index contributed by atoms with van der Waals surface area (Å²) in [7, 11) is 0. The lowest BCUT2D eigenvalue weighted by Crippen LogP contribution is -2.17. The molecule has 0 fully saturated rings. The molecule has 27 heavy (non-hydrogen) atoms. The Bertz CT molecular complexity index is 969. The Morgan fingerprint density at radius 1 is 0.963 bits per heavy atom. The largest absolute Gasteiger partial charge is 0.506 e. The molecular weight excluding hydrogens is 476 g/mol. The first-order valence-corrected chi connectivity index (χ1v) is 9.46. The number of amides is 1. The molecule has 136 valence electrons. The van der Waals surface area contributed by atoms with Gasteiger partial charge in [-0.2, -0.15) is 5.10 Å². The van der Waals surface area contributed by atoms with Crippen molar-refractivity contribution in [3.05, 3.63) is 86.8 Å². The van der Waals surface area contributed by atoms with Crippen molar-refractivity contribution >= 4 is 44.0 Å². The molecule has 0 saturated carbocycles. The van der Waals surface area contributed by atoms with Gasteiger partial charge in [0.15, 0.2) is 0 Å². The number of hydrogen-bond donors (Lipinski definition) is 2. The maximum atomic E-state index is 12.3. The van der Waals surface area contributed by atoms with Crippen LogP contribution < -0.4 is 10.2 Å². The molecule has 0 aliphatic carbocycles. The van der Waals surface area contributed by atoms with Gasteiger partial charge in [-0.1, -0.05) is 24.3 Å². The van der Waals surface area contributed by atoms with Gasteiger partial charge in [0.25, 0.3) is 5.91 Å². The second-order valence-corrected chi connectivity index (χ2v) is 7.18. The van der Waals surface area contributed by atoms with Crippen molar-refractivity contribution in [3.8, 4) is 17.2 Å². The number of aromatic hydroxyl groups is 1. The Balaban J connectivity index is 1.67. The quantitative estimate of drug-likeness (QED) is 0.368. The minimum atomic E-state index is -0.360. The van der Waals surface area contributed by atoms with Crippen LogP contribution in [0.1, 0.15) is 15.9 Å². The van der Waals surface area contributed by atoms with Gasteiger partial charge in [-0.15, -0.1) is 0 Å². The molecule has 0 aliphatic heterocycles. The number of carbonyl (C=O) groups excluding carboxylic acids is 1. The van der Waals surface area contributed by atoms with Crippen molar-refractivity contribution in [3.63, 3.8) is 0 Å². The average molecular weight is 490 g/mol. The smallest absolute Gasteiger partial charge is 0.271 e. The fraction of sp³-hybridized carbons (Fsp3) is 0. The summed E-state index contributed by atoms with van der Waals surface area (Å²) in [5.74, 6) is 0.994. The zero-order valence-corrected chi connectivity index (χ0v) is 17.1. The van der Waals surface area contributed by atoms with E-state index in [0.717, 1.165) is 0 Å². The van der Waals surface area contributed by atoms with Crippen molar-refractivity contribution in [2.75, 3.05) is 0 Å². The Morgan fingerprint density at radius 2 is 1.63 bits per heavy atom. The van der Waals surface area contributed by atoms with E-state index in [9.17, 15) is 9.90 Å². The fourth-order valence-electron chi connectivity index (χ4n) is 2.22. The Morgan fingerprint density at radius 3 is 2.33 bits per heavy atom. The summed E-state index contributed by atoms with van der Waals surface area (Å²) in [5.41, 5.74) is 3.60. The molecule has 0 bridgehead atoms. The molecular formula is C20H14Br2N2O3. The average Bonchev–Trinajstić information content (AvgIpc) is 2.67. The third-order valence-electron chi connectivity index (χ3n) is 3.49. The van der Waals surface area contributed by atoms with E-state index in [-0.39, 0.29) is 11.7 Å². The first-order valence-electron chi connectivity index (χ1n) is 7.87. The van der Waals surface area contributed by atoms with E-state index in [1.807, 2.05) is 30.3 Å². The highest BCUT2D eigenvalue weighted by atomic mass is 79.9. The van der Waals surface area contributed by atoms with Crippen LogP contribution in [0.3, 0.4) is 0 Å². The number of carbonyl (C=O) groups is 1. The summed E-state index contributed by atoms with van der Waals surface area (Å²) >= 11 is 6.49. The summed E-state index contributed by atoms with van der Waals surface area (Å²) < 4.78 is 6.78. The minimum absolute atomic E-state index is 0.103. The van der Waals surface area contributed by atoms with Gasteiger partial charge in [0, 0.05) is 5.56 Å². The summed E-state index contributed by atoms with van der Waals surface area (Å²) in [5, 5.41) is 13.7. The molecule has 2 N–H and O–H groups in total. The third-order valence-corrected chi connectivity index (χ3v) is 4.70. The molecule has 0 aliphatic rings. The zero-order valence-electron chi connectivity index (χ0n) is 13.9. The van der Waals surface area contributed by atoms with Crippen LogP contribution in [-0.2, 0) is 0 Å². The summed E-state index contributed by atoms with van der Waals surface area (Å²) in [6.45, 7) is 0. The van der Waals surface area contributed by atoms with Crippen molar-refractivity contribution in [2.45, 2.75) is 0 Å². The second-order valence-electron chi connectivity index (χ2n) is 5.48. The molecule has 0 spiro atoms. The Kier molecular flexibility index (Phi) is 6.26. The van der Waals surface area contributed by atoms with Gasteiger partial charge in [0.05, 0.1) is 15.2 Å². The van der Waals surface area contributed by atoms with Gasteiger partial charge in [-0.3, -0.25) is 4.79 Å². The monoisotopic (exact) mass is 488 g/mol. The first kappa shape index (κ1) is 19.1. The minimum Gasteiger partial charge on any atom is -0.506 e. The van der Waals surface area contributed by atoms with Crippen LogP contribution in [0.2, 0.25) is 0 Å². The summed E-state index contributed by atoms with van der Waals surface area (Å²) in [6.07, 6.45) is 1.48. The van der Waals surface area contributed by atoms with Crippen molar-refractivity contribution in [1.82, 2.24) is 5.43 Å². The Labute approximate surface area is 172 Å². The standard InChI is InChI=1S/C20H14Br2N2O3/c21-17-9-13(10-18(22)19(17)25)12-23-24-20(26)14-5-4-8-16(11-14)27-15-6-2-1-3-7-15/h1-12,25H,(H,24,26)/b23-12+. The topological polar surface area (TPSA) is 70.9 Å². The van der Waals surface area contributed by atoms with Crippen LogP contribution in [0, 0.1) is 0 Å². The van der Waals surface area contributed by atoms with Gasteiger partial charge >= 0.3 is 0 Å². The number of halogens is 2. The van der Waals surface area contributed by atoms with E-state index in [4.69, 9.17) is 4.74 Å². The zero-order chi connectivity index (χ0) is 19.2. The lowest BCUT2D eigenvalue weighted by Gasteiger charge is -2.07. The van der Waals surface area contributed by atoms with Gasteiger partial charge < -0.3 is 9.84 Å². The normalized spacial score (nSPS) is 10.7. The van der Waals surface area contributed by atoms with Gasteiger partial charge in [-0.05, 0) is 79.9 Å². The van der Waals surface area contributed by atoms with Crippen molar-refractivity contribution in [1.29, 1.82) is 0 Å². The third kappa shape index (κ3) is 5.18. The second kappa shape index (κ2) is 8.83. The van der Waals surface area contributed by atoms with Crippen LogP contribution in [0.4, 0.5) is 0 Å². The van der Waals surface area contributed by atoms with E-state index in [2.05, 4.69) is 42.4 Å². The highest BCUT2D eigenvalue weighted by Gasteiger charge is 2.07. The van der Waals surface area contributed by atoms with E-state index >= 15 is 0 Å². The van der Waals surface area contributed by atoms with Gasteiger partial charge in [0.2, 0.25) is 0 Å². The molecule has 0 unspecified atom stereocenters. The highest BCUT2D eigenvalue weighted by Crippen LogP contribution is 2.32. The number of phenolic OH excluding ortho intramolecular Hbond substituents is 1. The van der Waals surface area contributed by atoms with E-state index in [0.29, 0.717) is 31.6 Å². The van der Waals surface area contributed by atoms with E-state index in [1.165, 1.54) is 6.21 Å². The molecule has 0 radical (unpaired) electrons. The molecule has 0 heterocycles. The number of rotatable bonds is 5. The fourth-order valence-corrected chi connectivity index (χ4v) is 3.44. The number of nitrogens with one attached hydrogen (secondary N) is 1. The van der Waals surface area contributed by atoms with Crippen LogP contribution in [0.15, 0.2) is 80.8 Å². The predicted octanol–water partition coefficient (Wildman–Crippen LogP) is 5.47. The molecule has 3 aromatic carbocycles. The van der Waals surface area contributed by atoms with Crippen LogP contribution in [-0.4, -0.2) is 17.2 Å². The van der Waals surface area contributed by atoms with Crippen LogP contribution >= 0.6 is 31.9 Å². The number of benzene rings is 3. The number of hydrazone groups is 1. The highest BCUT2D eigenvalue weighted by molar-refractivity contribution is 9.11. The molecule has 3 aromatic rings. The van der Waals surface area contributed by atoms with E-state index in [1.54, 1.807) is 36.4 Å². The van der Waals surface area contributed by atoms with E-state index < -0.39 is 0 Å². The number of para-hydroxylation sites is 1. The van der Waals surface area contributed by atoms with Gasteiger partial charge in [0.1, 0.15) is 17.2 Å². The van der Waals surface area contributed by atoms with Crippen molar-refractivity contribution in [2.24, 2.45) is 5.10 Å². The number of ether oxygens (including phenoxy) is 1. The Hall–Kier alpha value is -2.64. The molecule has 1 amide bonds. The summed E-state index contributed by atoms with van der Waals surface area (Å²) in [6, 6.07) is 19.5. The lowest BCUT2D eigenvalue weighted by molar-refractivity contribution is 0.0955. The molecule has 0 atom stereocenters. The first-order chi connectivity index (χ1) is 13.0. The molecule has 0 saturated heterocycles. The van der Waals surface area contributed by atoms with Crippen LogP contribution in [0.25, 0.3) is 0 Å². The molecule has 7 heteroatoms. The number of phenols is 1. The predicted molar refractivity (Wildman–Crippen MR) is 112 cm³/mol. The summed E-state index contributed by atoms with van der Waals surface area (Å²) in [4.78, 5) is 12.3. The molecule has 3 rings (SSSR count). The number of hydrogen-bond acceptors (Lipinski definition) is 4. The molecule has 5 nitrogen and oxygen atoms in total.